The van der Waals surface area contributed by atoms with E-state index in [0.29, 0.717) is 30.4 Å². The lowest BCUT2D eigenvalue weighted by Gasteiger charge is -2.29. The molecule has 0 unspecified atom stereocenters. The highest BCUT2D eigenvalue weighted by Crippen LogP contribution is 2.37. The Hall–Kier alpha value is -3.25. The van der Waals surface area contributed by atoms with Crippen molar-refractivity contribution < 1.29 is 43.2 Å². The lowest BCUT2D eigenvalue weighted by molar-refractivity contribution is -0.141. The lowest BCUT2D eigenvalue weighted by Crippen LogP contribution is -2.54. The third kappa shape index (κ3) is 10.7. The number of rotatable bonds is 14. The minimum Gasteiger partial charge on any atom is -0.404 e. The van der Waals surface area contributed by atoms with Crippen molar-refractivity contribution in [1.82, 2.24) is 15.5 Å². The molecule has 1 saturated heterocycles. The summed E-state index contributed by atoms with van der Waals surface area (Å²) in [5.41, 5.74) is 6.29. The number of phosphoric acid groups is 1. The van der Waals surface area contributed by atoms with Crippen molar-refractivity contribution in [2.24, 2.45) is 5.73 Å². The van der Waals surface area contributed by atoms with Gasteiger partial charge in [0.15, 0.2) is 0 Å². The van der Waals surface area contributed by atoms with Gasteiger partial charge in [0.25, 0.3) is 0 Å². The number of likely N-dealkylation sites (tertiary alicyclic amines) is 1. The van der Waals surface area contributed by atoms with Crippen LogP contribution in [0.4, 0.5) is 0 Å². The summed E-state index contributed by atoms with van der Waals surface area (Å²) < 4.78 is 15.5. The quantitative estimate of drug-likeness (QED) is 0.136. The zero-order chi connectivity index (χ0) is 30.0. The van der Waals surface area contributed by atoms with Gasteiger partial charge in [0, 0.05) is 31.5 Å². The first-order valence-corrected chi connectivity index (χ1v) is 14.6. The van der Waals surface area contributed by atoms with Crippen LogP contribution in [0, 0.1) is 0 Å². The molecule has 4 atom stereocenters. The average molecular weight is 583 g/mol. The number of nitrogens with two attached hydrogens (primary N) is 1. The van der Waals surface area contributed by atoms with E-state index in [1.54, 1.807) is 13.8 Å². The van der Waals surface area contributed by atoms with E-state index >= 15 is 0 Å². The predicted molar refractivity (Wildman–Crippen MR) is 146 cm³/mol. The summed E-state index contributed by atoms with van der Waals surface area (Å²) in [4.78, 5) is 69.5. The van der Waals surface area contributed by atoms with Crippen LogP contribution in [0.1, 0.15) is 64.9 Å². The smallest absolute Gasteiger partial charge is 0.404 e. The predicted octanol–water partition coefficient (Wildman–Crippen LogP) is 0.968. The Labute approximate surface area is 233 Å². The molecular weight excluding hydrogens is 543 g/mol. The molecule has 0 saturated carbocycles. The topological polar surface area (TPSA) is 209 Å². The molecular formula is C26H39N4O9P. The van der Waals surface area contributed by atoms with Crippen molar-refractivity contribution in [1.29, 1.82) is 0 Å². The molecule has 0 radical (unpaired) electrons. The normalized spacial score (nSPS) is 19.1. The zero-order valence-electron chi connectivity index (χ0n) is 22.9. The molecule has 1 heterocycles. The van der Waals surface area contributed by atoms with E-state index in [-0.39, 0.29) is 31.2 Å². The van der Waals surface area contributed by atoms with Crippen LogP contribution in [0.3, 0.4) is 0 Å². The molecule has 1 aliphatic heterocycles. The van der Waals surface area contributed by atoms with Gasteiger partial charge in [-0.2, -0.15) is 0 Å². The van der Waals surface area contributed by atoms with Gasteiger partial charge >= 0.3 is 7.82 Å². The van der Waals surface area contributed by atoms with Crippen molar-refractivity contribution in [3.05, 3.63) is 35.9 Å². The SMILES string of the molecule is CCCC[C@H](NC(=O)/C=C(\C)c1ccc(OP(=O)(O)O)cc1)C(=O)N1C[C@H](O)C[C@H]1C(=O)N[C@H](C)CCC(N)=O. The van der Waals surface area contributed by atoms with Crippen LogP contribution in [-0.2, 0) is 23.7 Å². The standard InChI is InChI=1S/C26H39N4O9P/c1-4-5-6-21(29-24(33)13-16(2)18-8-10-20(11-9-18)39-40(36,37)38)26(35)30-15-19(31)14-22(30)25(34)28-17(3)7-12-23(27)32/h8-11,13,17,19,21-22,31H,4-7,12,14-15H2,1-3H3,(H2,27,32)(H,28,34)(H,29,33)(H2,36,37,38)/b16-13+/t17-,19-,21+,22+/m1/s1. The van der Waals surface area contributed by atoms with E-state index in [0.717, 1.165) is 6.42 Å². The molecule has 7 N–H and O–H groups in total. The third-order valence-electron chi connectivity index (χ3n) is 6.42. The van der Waals surface area contributed by atoms with Gasteiger partial charge in [-0.15, -0.1) is 0 Å². The summed E-state index contributed by atoms with van der Waals surface area (Å²) >= 11 is 0. The van der Waals surface area contributed by atoms with Crippen LogP contribution in [0.5, 0.6) is 5.75 Å². The Morgan fingerprint density at radius 2 is 1.82 bits per heavy atom. The van der Waals surface area contributed by atoms with Gasteiger partial charge in [-0.25, -0.2) is 4.57 Å². The number of unbranched alkanes of at least 4 members (excludes halogenated alkanes) is 1. The number of β-amino-alcohol motifs (C(OH)–C–C–N with tert-alkyl or cyclic N) is 1. The number of carbonyl (C=O) groups excluding carboxylic acids is 4. The zero-order valence-corrected chi connectivity index (χ0v) is 23.8. The molecule has 0 aliphatic carbocycles. The van der Waals surface area contributed by atoms with Gasteiger partial charge in [-0.05, 0) is 50.0 Å². The van der Waals surface area contributed by atoms with E-state index in [1.807, 2.05) is 6.92 Å². The minimum absolute atomic E-state index is 0.0341. The Balaban J connectivity index is 2.12. The molecule has 14 heteroatoms. The number of nitrogens with zero attached hydrogens (tertiary/aromatic N) is 1. The fourth-order valence-electron chi connectivity index (χ4n) is 4.35. The van der Waals surface area contributed by atoms with Crippen LogP contribution in [0.15, 0.2) is 30.3 Å². The molecule has 2 rings (SSSR count). The second-order valence-corrected chi connectivity index (χ2v) is 11.1. The molecule has 1 aromatic carbocycles. The molecule has 4 amide bonds. The Bertz CT molecular complexity index is 1140. The maximum atomic E-state index is 13.5. The first kappa shape index (κ1) is 33.0. The summed E-state index contributed by atoms with van der Waals surface area (Å²) in [6.07, 6.45) is 2.62. The van der Waals surface area contributed by atoms with Crippen LogP contribution in [0.2, 0.25) is 0 Å². The molecule has 1 fully saturated rings. The van der Waals surface area contributed by atoms with Gasteiger partial charge in [0.05, 0.1) is 6.10 Å². The Kier molecular flexibility index (Phi) is 12.3. The van der Waals surface area contributed by atoms with Crippen molar-refractivity contribution in [3.63, 3.8) is 0 Å². The minimum atomic E-state index is -4.69. The number of phosphoric ester groups is 1. The first-order chi connectivity index (χ1) is 18.7. The number of allylic oxidation sites excluding steroid dienone is 1. The molecule has 0 aromatic heterocycles. The summed E-state index contributed by atoms with van der Waals surface area (Å²) in [6.45, 7) is 5.27. The number of hydrogen-bond acceptors (Lipinski definition) is 7. The van der Waals surface area contributed by atoms with Crippen molar-refractivity contribution in [2.45, 2.75) is 83.5 Å². The molecule has 13 nitrogen and oxygen atoms in total. The van der Waals surface area contributed by atoms with E-state index in [9.17, 15) is 28.8 Å². The molecule has 40 heavy (non-hydrogen) atoms. The Morgan fingerprint density at radius 3 is 2.40 bits per heavy atom. The number of aliphatic hydroxyl groups is 1. The molecule has 222 valence electrons. The number of nitrogens with one attached hydrogen (secondary N) is 2. The highest BCUT2D eigenvalue weighted by atomic mass is 31.2. The number of carbonyl (C=O) groups is 4. The maximum Gasteiger partial charge on any atom is 0.524 e. The van der Waals surface area contributed by atoms with Crippen LogP contribution in [-0.4, -0.2) is 74.2 Å². The Morgan fingerprint density at radius 1 is 1.18 bits per heavy atom. The van der Waals surface area contributed by atoms with Crippen molar-refractivity contribution in [3.8, 4) is 5.75 Å². The van der Waals surface area contributed by atoms with E-state index in [2.05, 4.69) is 15.2 Å². The summed E-state index contributed by atoms with van der Waals surface area (Å²) in [6, 6.07) is 3.56. The molecule has 1 aromatic rings. The maximum absolute atomic E-state index is 13.5. The fraction of sp³-hybridized carbons (Fsp3) is 0.538. The van der Waals surface area contributed by atoms with Crippen LogP contribution in [0.25, 0.3) is 5.57 Å². The number of benzene rings is 1. The third-order valence-corrected chi connectivity index (χ3v) is 6.87. The van der Waals surface area contributed by atoms with E-state index in [4.69, 9.17) is 15.5 Å². The average Bonchev–Trinajstić information content (AvgIpc) is 3.26. The largest absolute Gasteiger partial charge is 0.524 e. The van der Waals surface area contributed by atoms with E-state index < -0.39 is 49.6 Å². The summed E-state index contributed by atoms with van der Waals surface area (Å²) in [7, 11) is -4.69. The second kappa shape index (κ2) is 14.9. The van der Waals surface area contributed by atoms with Gasteiger partial charge in [-0.3, -0.25) is 29.0 Å². The number of amides is 4. The summed E-state index contributed by atoms with van der Waals surface area (Å²) in [5, 5.41) is 15.7. The van der Waals surface area contributed by atoms with Crippen LogP contribution < -0.4 is 20.9 Å². The molecule has 1 aliphatic rings. The van der Waals surface area contributed by atoms with Gasteiger partial charge < -0.3 is 30.9 Å². The van der Waals surface area contributed by atoms with Crippen molar-refractivity contribution >= 4 is 37.0 Å². The van der Waals surface area contributed by atoms with Gasteiger partial charge in [0.2, 0.25) is 23.6 Å². The van der Waals surface area contributed by atoms with Crippen LogP contribution >= 0.6 is 7.82 Å². The number of hydrogen-bond donors (Lipinski definition) is 6. The van der Waals surface area contributed by atoms with Gasteiger partial charge in [0.1, 0.15) is 17.8 Å². The lowest BCUT2D eigenvalue weighted by atomic mass is 10.1. The fourth-order valence-corrected chi connectivity index (χ4v) is 4.75. The summed E-state index contributed by atoms with van der Waals surface area (Å²) in [5.74, 6) is -1.99. The molecule has 0 spiro atoms. The highest BCUT2D eigenvalue weighted by molar-refractivity contribution is 7.46. The second-order valence-electron chi connectivity index (χ2n) is 9.95. The highest BCUT2D eigenvalue weighted by Gasteiger charge is 2.41. The monoisotopic (exact) mass is 582 g/mol. The number of aliphatic hydroxyl groups excluding tert-OH is 1. The van der Waals surface area contributed by atoms with Gasteiger partial charge in [-0.1, -0.05) is 31.9 Å². The van der Waals surface area contributed by atoms with E-state index in [1.165, 1.54) is 35.2 Å². The number of primary amides is 1. The first-order valence-electron chi connectivity index (χ1n) is 13.1. The van der Waals surface area contributed by atoms with Crippen molar-refractivity contribution in [2.75, 3.05) is 6.54 Å². The molecule has 0 bridgehead atoms.